The Bertz CT molecular complexity index is 275. The molecule has 1 saturated heterocycles. The topological polar surface area (TPSA) is 88.4 Å². The van der Waals surface area contributed by atoms with Crippen LogP contribution in [0.15, 0.2) is 0 Å². The zero-order valence-electron chi connectivity index (χ0n) is 9.51. The lowest BCUT2D eigenvalue weighted by Crippen LogP contribution is -2.65. The van der Waals surface area contributed by atoms with Crippen molar-refractivity contribution >= 4 is 13.0 Å². The number of carbonyl (C=O) groups is 1. The van der Waals surface area contributed by atoms with Gasteiger partial charge >= 0.3 is 7.12 Å². The average molecular weight is 227 g/mol. The molecule has 1 aliphatic carbocycles. The van der Waals surface area contributed by atoms with Crippen LogP contribution in [0.2, 0.25) is 0 Å². The Balaban J connectivity index is 2.03. The smallest absolute Gasteiger partial charge is 0.426 e. The molecule has 2 fully saturated rings. The minimum absolute atomic E-state index is 0.000602. The van der Waals surface area contributed by atoms with Crippen molar-refractivity contribution in [1.82, 2.24) is 4.90 Å². The van der Waals surface area contributed by atoms with Crippen LogP contribution >= 0.6 is 0 Å². The second-order valence-electron chi connectivity index (χ2n) is 4.95. The maximum absolute atomic E-state index is 12.2. The molecule has 1 amide bonds. The Labute approximate surface area is 95.8 Å². The zero-order valence-corrected chi connectivity index (χ0v) is 9.51. The van der Waals surface area contributed by atoms with E-state index in [1.807, 2.05) is 0 Å². The SMILES string of the molecule is [NH3+]C1CCC[C@H]1C(=O)N1CCC[C@H]1B(O)O. The van der Waals surface area contributed by atoms with E-state index in [1.54, 1.807) is 4.90 Å². The van der Waals surface area contributed by atoms with Crippen LogP contribution in [0.4, 0.5) is 0 Å². The first-order valence-corrected chi connectivity index (χ1v) is 6.11. The van der Waals surface area contributed by atoms with Crippen LogP contribution in [0.25, 0.3) is 0 Å². The monoisotopic (exact) mass is 227 g/mol. The van der Waals surface area contributed by atoms with Crippen LogP contribution in [0.3, 0.4) is 0 Å². The molecule has 16 heavy (non-hydrogen) atoms. The van der Waals surface area contributed by atoms with E-state index in [0.717, 1.165) is 25.7 Å². The van der Waals surface area contributed by atoms with Crippen molar-refractivity contribution in [3.05, 3.63) is 0 Å². The fourth-order valence-electron chi connectivity index (χ4n) is 2.95. The summed E-state index contributed by atoms with van der Waals surface area (Å²) in [5, 5.41) is 18.5. The highest BCUT2D eigenvalue weighted by Crippen LogP contribution is 2.28. The maximum Gasteiger partial charge on any atom is 0.475 e. The number of hydrogen-bond donors (Lipinski definition) is 3. The van der Waals surface area contributed by atoms with Crippen molar-refractivity contribution in [3.63, 3.8) is 0 Å². The molecule has 3 atom stereocenters. The van der Waals surface area contributed by atoms with Gasteiger partial charge in [-0.1, -0.05) is 0 Å². The fourth-order valence-corrected chi connectivity index (χ4v) is 2.95. The number of rotatable bonds is 2. The molecule has 1 heterocycles. The highest BCUT2D eigenvalue weighted by molar-refractivity contribution is 6.43. The summed E-state index contributed by atoms with van der Waals surface area (Å²) >= 11 is 0. The van der Waals surface area contributed by atoms with E-state index in [9.17, 15) is 14.8 Å². The van der Waals surface area contributed by atoms with E-state index in [4.69, 9.17) is 0 Å². The predicted molar refractivity (Wildman–Crippen MR) is 58.9 cm³/mol. The van der Waals surface area contributed by atoms with Crippen molar-refractivity contribution in [1.29, 1.82) is 0 Å². The number of amides is 1. The molecule has 5 N–H and O–H groups in total. The quantitative estimate of drug-likeness (QED) is 0.496. The lowest BCUT2D eigenvalue weighted by molar-refractivity contribution is -0.425. The van der Waals surface area contributed by atoms with Crippen LogP contribution < -0.4 is 5.73 Å². The van der Waals surface area contributed by atoms with Crippen molar-refractivity contribution in [2.24, 2.45) is 5.92 Å². The Kier molecular flexibility index (Phi) is 3.52. The third kappa shape index (κ3) is 2.10. The number of carbonyl (C=O) groups excluding carboxylic acids is 1. The molecular formula is C10H20BN2O3+. The van der Waals surface area contributed by atoms with Crippen molar-refractivity contribution in [3.8, 4) is 0 Å². The first kappa shape index (κ1) is 11.9. The Morgan fingerprint density at radius 1 is 1.25 bits per heavy atom. The molecule has 2 rings (SSSR count). The lowest BCUT2D eigenvalue weighted by atomic mass is 9.77. The number of nitrogens with zero attached hydrogens (tertiary/aromatic N) is 1. The van der Waals surface area contributed by atoms with E-state index in [-0.39, 0.29) is 17.9 Å². The Morgan fingerprint density at radius 2 is 2.00 bits per heavy atom. The Hall–Kier alpha value is -0.585. The van der Waals surface area contributed by atoms with Gasteiger partial charge in [0.15, 0.2) is 0 Å². The second kappa shape index (κ2) is 4.73. The van der Waals surface area contributed by atoms with Gasteiger partial charge in [-0.25, -0.2) is 0 Å². The van der Waals surface area contributed by atoms with Crippen molar-refractivity contribution in [2.45, 2.75) is 44.1 Å². The first-order chi connectivity index (χ1) is 7.61. The minimum atomic E-state index is -1.41. The number of hydrogen-bond acceptors (Lipinski definition) is 3. The zero-order chi connectivity index (χ0) is 11.7. The molecule has 1 aliphatic heterocycles. The maximum atomic E-state index is 12.2. The average Bonchev–Trinajstić information content (AvgIpc) is 2.84. The molecule has 0 aromatic heterocycles. The normalized spacial score (nSPS) is 34.4. The summed E-state index contributed by atoms with van der Waals surface area (Å²) in [7, 11) is -1.41. The van der Waals surface area contributed by atoms with E-state index in [2.05, 4.69) is 5.73 Å². The van der Waals surface area contributed by atoms with Gasteiger partial charge in [-0.15, -0.1) is 0 Å². The number of likely N-dealkylation sites (tertiary alicyclic amines) is 1. The molecular weight excluding hydrogens is 207 g/mol. The highest BCUT2D eigenvalue weighted by Gasteiger charge is 2.42. The summed E-state index contributed by atoms with van der Waals surface area (Å²) in [5.74, 6) is -0.326. The molecule has 0 aromatic rings. The summed E-state index contributed by atoms with van der Waals surface area (Å²) in [4.78, 5) is 13.9. The van der Waals surface area contributed by atoms with Gasteiger partial charge in [0.1, 0.15) is 0 Å². The van der Waals surface area contributed by atoms with Gasteiger partial charge in [-0.05, 0) is 25.7 Å². The van der Waals surface area contributed by atoms with E-state index < -0.39 is 13.1 Å². The van der Waals surface area contributed by atoms with Crippen LogP contribution in [0.1, 0.15) is 32.1 Å². The molecule has 0 spiro atoms. The van der Waals surface area contributed by atoms with Gasteiger partial charge < -0.3 is 20.7 Å². The minimum Gasteiger partial charge on any atom is -0.426 e. The van der Waals surface area contributed by atoms with Gasteiger partial charge in [-0.3, -0.25) is 4.79 Å². The van der Waals surface area contributed by atoms with Crippen LogP contribution in [-0.4, -0.2) is 46.5 Å². The van der Waals surface area contributed by atoms with Gasteiger partial charge in [0.05, 0.1) is 17.9 Å². The highest BCUT2D eigenvalue weighted by atomic mass is 16.4. The summed E-state index contributed by atoms with van der Waals surface area (Å²) in [6.45, 7) is 0.657. The van der Waals surface area contributed by atoms with Gasteiger partial charge in [0.25, 0.3) is 0 Å². The molecule has 2 aliphatic rings. The molecule has 0 radical (unpaired) electrons. The van der Waals surface area contributed by atoms with Crippen LogP contribution in [-0.2, 0) is 4.79 Å². The molecule has 0 bridgehead atoms. The molecule has 6 heteroatoms. The van der Waals surface area contributed by atoms with Crippen molar-refractivity contribution < 1.29 is 20.6 Å². The largest absolute Gasteiger partial charge is 0.475 e. The predicted octanol–water partition coefficient (Wildman–Crippen LogP) is -1.60. The van der Waals surface area contributed by atoms with E-state index in [0.29, 0.717) is 13.0 Å². The summed E-state index contributed by atoms with van der Waals surface area (Å²) < 4.78 is 0. The third-order valence-electron chi connectivity index (χ3n) is 3.90. The molecule has 0 aromatic carbocycles. The van der Waals surface area contributed by atoms with Crippen LogP contribution in [0, 0.1) is 5.92 Å². The molecule has 90 valence electrons. The second-order valence-corrected chi connectivity index (χ2v) is 4.95. The number of quaternary nitrogens is 1. The molecule has 1 saturated carbocycles. The summed E-state index contributed by atoms with van der Waals surface area (Å²) in [5.41, 5.74) is 4.01. The fraction of sp³-hybridized carbons (Fsp3) is 0.900. The van der Waals surface area contributed by atoms with Gasteiger partial charge in [0.2, 0.25) is 5.91 Å². The first-order valence-electron chi connectivity index (χ1n) is 6.11. The molecule has 5 nitrogen and oxygen atoms in total. The van der Waals surface area contributed by atoms with E-state index in [1.165, 1.54) is 0 Å². The lowest BCUT2D eigenvalue weighted by Gasteiger charge is -2.27. The Morgan fingerprint density at radius 3 is 2.56 bits per heavy atom. The van der Waals surface area contributed by atoms with Crippen molar-refractivity contribution in [2.75, 3.05) is 6.54 Å². The van der Waals surface area contributed by atoms with E-state index >= 15 is 0 Å². The molecule has 1 unspecified atom stereocenters. The standard InChI is InChI=1S/C10H19BN2O3/c12-8-4-1-3-7(8)10(14)13-6-2-5-9(13)11(15)16/h7-9,15-16H,1-6,12H2/p+1/t7-,8?,9+/m1/s1. The van der Waals surface area contributed by atoms with Gasteiger partial charge in [0, 0.05) is 13.0 Å². The summed E-state index contributed by atoms with van der Waals surface area (Å²) in [6, 6.07) is 0.199. The van der Waals surface area contributed by atoms with Gasteiger partial charge in [-0.2, -0.15) is 0 Å². The summed E-state index contributed by atoms with van der Waals surface area (Å²) in [6.07, 6.45) is 4.53. The van der Waals surface area contributed by atoms with Crippen LogP contribution in [0.5, 0.6) is 0 Å². The third-order valence-corrected chi connectivity index (χ3v) is 3.90.